The summed E-state index contributed by atoms with van der Waals surface area (Å²) in [6, 6.07) is 14.2. The van der Waals surface area contributed by atoms with Crippen molar-refractivity contribution in [3.05, 3.63) is 48.5 Å². The fraction of sp³-hybridized carbons (Fsp3) is 0.316. The van der Waals surface area contributed by atoms with Gasteiger partial charge in [-0.1, -0.05) is 18.2 Å². The van der Waals surface area contributed by atoms with Gasteiger partial charge in [0.25, 0.3) is 0 Å². The van der Waals surface area contributed by atoms with Crippen LogP contribution in [-0.4, -0.2) is 44.6 Å². The van der Waals surface area contributed by atoms with Crippen LogP contribution >= 0.6 is 11.8 Å². The van der Waals surface area contributed by atoms with Gasteiger partial charge in [-0.3, -0.25) is 4.79 Å². The van der Waals surface area contributed by atoms with E-state index in [-0.39, 0.29) is 16.6 Å². The maximum Gasteiger partial charge on any atom is 0.243 e. The number of carbonyl (C=O) groups is 1. The topological polar surface area (TPSA) is 75.7 Å². The first-order chi connectivity index (χ1) is 13.0. The Kier molecular flexibility index (Phi) is 6.41. The van der Waals surface area contributed by atoms with E-state index in [1.807, 2.05) is 30.3 Å². The molecule has 8 heteroatoms. The Bertz CT molecular complexity index is 895. The number of methoxy groups -OCH3 is 1. The minimum absolute atomic E-state index is 0.163. The van der Waals surface area contributed by atoms with Gasteiger partial charge in [-0.15, -0.1) is 11.8 Å². The predicted octanol–water partition coefficient (Wildman–Crippen LogP) is 3.21. The number of benzene rings is 2. The molecule has 0 aliphatic carbocycles. The van der Waals surface area contributed by atoms with Crippen molar-refractivity contribution in [3.8, 4) is 5.75 Å². The van der Waals surface area contributed by atoms with Gasteiger partial charge in [0.1, 0.15) is 5.75 Å². The van der Waals surface area contributed by atoms with Crippen molar-refractivity contribution in [3.63, 3.8) is 0 Å². The van der Waals surface area contributed by atoms with E-state index >= 15 is 0 Å². The van der Waals surface area contributed by atoms with E-state index < -0.39 is 10.0 Å². The van der Waals surface area contributed by atoms with Gasteiger partial charge in [0.15, 0.2) is 0 Å². The molecule has 0 bridgehead atoms. The van der Waals surface area contributed by atoms with Gasteiger partial charge in [0.05, 0.1) is 23.4 Å². The van der Waals surface area contributed by atoms with Gasteiger partial charge >= 0.3 is 0 Å². The Balaban J connectivity index is 1.74. The number of anilines is 1. The smallest absolute Gasteiger partial charge is 0.243 e. The standard InChI is InChI=1S/C19H22N2O4S2/c1-25-18-10-9-16(27(23,24)21-11-5-6-12-21)13-17(18)20-19(22)14-26-15-7-3-2-4-8-15/h2-4,7-10,13H,5-6,11-12,14H2,1H3,(H,20,22). The second-order valence-electron chi connectivity index (χ2n) is 6.12. The van der Waals surface area contributed by atoms with Crippen molar-refractivity contribution >= 4 is 33.4 Å². The molecular weight excluding hydrogens is 384 g/mol. The molecule has 0 saturated carbocycles. The number of nitrogens with zero attached hydrogens (tertiary/aromatic N) is 1. The molecule has 27 heavy (non-hydrogen) atoms. The second kappa shape index (κ2) is 8.77. The van der Waals surface area contributed by atoms with Gasteiger partial charge < -0.3 is 10.1 Å². The van der Waals surface area contributed by atoms with Crippen molar-refractivity contribution in [1.29, 1.82) is 0 Å². The van der Waals surface area contributed by atoms with Gasteiger partial charge in [-0.25, -0.2) is 8.42 Å². The largest absolute Gasteiger partial charge is 0.495 e. The monoisotopic (exact) mass is 406 g/mol. The lowest BCUT2D eigenvalue weighted by Crippen LogP contribution is -2.28. The van der Waals surface area contributed by atoms with Crippen molar-refractivity contribution in [2.45, 2.75) is 22.6 Å². The van der Waals surface area contributed by atoms with E-state index in [0.717, 1.165) is 17.7 Å². The number of rotatable bonds is 7. The number of hydrogen-bond acceptors (Lipinski definition) is 5. The van der Waals surface area contributed by atoms with Crippen LogP contribution in [0.15, 0.2) is 58.3 Å². The lowest BCUT2D eigenvalue weighted by atomic mass is 10.3. The normalized spacial score (nSPS) is 14.9. The Morgan fingerprint density at radius 1 is 1.15 bits per heavy atom. The zero-order valence-corrected chi connectivity index (χ0v) is 16.7. The molecule has 2 aromatic rings. The third-order valence-corrected chi connectivity index (χ3v) is 7.17. The molecule has 1 saturated heterocycles. The maximum atomic E-state index is 12.8. The van der Waals surface area contributed by atoms with Crippen molar-refractivity contribution in [1.82, 2.24) is 4.31 Å². The number of hydrogen-bond donors (Lipinski definition) is 1. The summed E-state index contributed by atoms with van der Waals surface area (Å²) < 4.78 is 32.3. The minimum atomic E-state index is -3.56. The number of sulfonamides is 1. The third kappa shape index (κ3) is 4.82. The quantitative estimate of drug-likeness (QED) is 0.715. The molecule has 1 fully saturated rings. The van der Waals surface area contributed by atoms with Gasteiger partial charge in [-0.05, 0) is 43.2 Å². The van der Waals surface area contributed by atoms with Crippen LogP contribution in [0, 0.1) is 0 Å². The number of thioether (sulfide) groups is 1. The molecule has 1 heterocycles. The lowest BCUT2D eigenvalue weighted by molar-refractivity contribution is -0.113. The highest BCUT2D eigenvalue weighted by Gasteiger charge is 2.28. The molecule has 0 aromatic heterocycles. The van der Waals surface area contributed by atoms with Crippen LogP contribution in [0.4, 0.5) is 5.69 Å². The van der Waals surface area contributed by atoms with E-state index in [4.69, 9.17) is 4.74 Å². The lowest BCUT2D eigenvalue weighted by Gasteiger charge is -2.17. The van der Waals surface area contributed by atoms with Gasteiger partial charge in [-0.2, -0.15) is 4.31 Å². The fourth-order valence-electron chi connectivity index (χ4n) is 2.87. The highest BCUT2D eigenvalue weighted by Crippen LogP contribution is 2.30. The zero-order valence-electron chi connectivity index (χ0n) is 15.1. The highest BCUT2D eigenvalue weighted by atomic mass is 32.2. The van der Waals surface area contributed by atoms with E-state index in [2.05, 4.69) is 5.32 Å². The molecule has 1 aliphatic rings. The summed E-state index contributed by atoms with van der Waals surface area (Å²) in [6.45, 7) is 1.06. The van der Waals surface area contributed by atoms with Crippen LogP contribution in [0.25, 0.3) is 0 Å². The van der Waals surface area contributed by atoms with E-state index in [1.54, 1.807) is 6.07 Å². The minimum Gasteiger partial charge on any atom is -0.495 e. The number of amides is 1. The van der Waals surface area contributed by atoms with E-state index in [1.165, 1.54) is 35.3 Å². The summed E-state index contributed by atoms with van der Waals surface area (Å²) in [5.41, 5.74) is 0.358. The third-order valence-electron chi connectivity index (χ3n) is 4.26. The molecule has 1 N–H and O–H groups in total. The van der Waals surface area contributed by atoms with Crippen LogP contribution < -0.4 is 10.1 Å². The first-order valence-corrected chi connectivity index (χ1v) is 11.1. The number of carbonyl (C=O) groups excluding carboxylic acids is 1. The van der Waals surface area contributed by atoms with Crippen molar-refractivity contribution in [2.24, 2.45) is 0 Å². The molecular formula is C19H22N2O4S2. The molecule has 0 spiro atoms. The molecule has 0 unspecified atom stereocenters. The molecule has 144 valence electrons. The van der Waals surface area contributed by atoms with Crippen LogP contribution in [0.1, 0.15) is 12.8 Å². The molecule has 1 aliphatic heterocycles. The summed E-state index contributed by atoms with van der Waals surface area (Å²) >= 11 is 1.41. The fourth-order valence-corrected chi connectivity index (χ4v) is 5.14. The second-order valence-corrected chi connectivity index (χ2v) is 9.11. The molecule has 1 amide bonds. The number of nitrogens with one attached hydrogen (secondary N) is 1. The highest BCUT2D eigenvalue weighted by molar-refractivity contribution is 8.00. The SMILES string of the molecule is COc1ccc(S(=O)(=O)N2CCCC2)cc1NC(=O)CSc1ccccc1. The average molecular weight is 407 g/mol. The van der Waals surface area contributed by atoms with Crippen LogP contribution in [-0.2, 0) is 14.8 Å². The summed E-state index contributed by atoms with van der Waals surface area (Å²) in [4.78, 5) is 13.5. The Hall–Kier alpha value is -2.03. The molecule has 6 nitrogen and oxygen atoms in total. The van der Waals surface area contributed by atoms with Crippen LogP contribution in [0.2, 0.25) is 0 Å². The summed E-state index contributed by atoms with van der Waals surface area (Å²) in [7, 11) is -2.07. The van der Waals surface area contributed by atoms with Gasteiger partial charge in [0, 0.05) is 18.0 Å². The van der Waals surface area contributed by atoms with Crippen molar-refractivity contribution in [2.75, 3.05) is 31.3 Å². The Morgan fingerprint density at radius 2 is 1.85 bits per heavy atom. The molecule has 0 atom stereocenters. The first-order valence-electron chi connectivity index (χ1n) is 8.66. The Morgan fingerprint density at radius 3 is 2.52 bits per heavy atom. The van der Waals surface area contributed by atoms with Crippen molar-refractivity contribution < 1.29 is 17.9 Å². The summed E-state index contributed by atoms with van der Waals surface area (Å²) in [6.07, 6.45) is 1.74. The van der Waals surface area contributed by atoms with Crippen LogP contribution in [0.3, 0.4) is 0 Å². The maximum absolute atomic E-state index is 12.8. The van der Waals surface area contributed by atoms with E-state index in [9.17, 15) is 13.2 Å². The van der Waals surface area contributed by atoms with Gasteiger partial charge in [0.2, 0.25) is 15.9 Å². The molecule has 2 aromatic carbocycles. The van der Waals surface area contributed by atoms with E-state index in [0.29, 0.717) is 24.5 Å². The Labute approximate surface area is 164 Å². The zero-order chi connectivity index (χ0) is 19.3. The average Bonchev–Trinajstić information content (AvgIpc) is 3.23. The molecule has 0 radical (unpaired) electrons. The summed E-state index contributed by atoms with van der Waals surface area (Å²) in [5.74, 6) is 0.419. The number of ether oxygens (including phenoxy) is 1. The predicted molar refractivity (Wildman–Crippen MR) is 107 cm³/mol. The first kappa shape index (κ1) is 19.7. The molecule has 3 rings (SSSR count). The van der Waals surface area contributed by atoms with Crippen LogP contribution in [0.5, 0.6) is 5.75 Å². The summed E-state index contributed by atoms with van der Waals surface area (Å²) in [5, 5.41) is 2.77.